The Morgan fingerprint density at radius 3 is 2.68 bits per heavy atom. The van der Waals surface area contributed by atoms with Crippen molar-refractivity contribution in [1.82, 2.24) is 0 Å². The number of anilines is 1. The smallest absolute Gasteiger partial charge is 0.251 e. The van der Waals surface area contributed by atoms with Crippen molar-refractivity contribution >= 4 is 40.7 Å². The maximum Gasteiger partial charge on any atom is 0.251 e. The number of rotatable bonds is 5. The summed E-state index contributed by atoms with van der Waals surface area (Å²) in [7, 11) is 1.47. The van der Waals surface area contributed by atoms with Crippen LogP contribution in [0.5, 0.6) is 5.75 Å². The van der Waals surface area contributed by atoms with Gasteiger partial charge in [-0.05, 0) is 30.5 Å². The van der Waals surface area contributed by atoms with Crippen LogP contribution in [0.25, 0.3) is 0 Å². The fraction of sp³-hybridized carbons (Fsp3) is 0.200. The lowest BCUT2D eigenvalue weighted by molar-refractivity contribution is -0.117. The van der Waals surface area contributed by atoms with Crippen molar-refractivity contribution in [2.45, 2.75) is 12.3 Å². The molecule has 0 bridgehead atoms. The van der Waals surface area contributed by atoms with Crippen LogP contribution < -0.4 is 15.4 Å². The summed E-state index contributed by atoms with van der Waals surface area (Å²) in [5.41, 5.74) is 7.05. The summed E-state index contributed by atoms with van der Waals surface area (Å²) >= 11 is 7.59. The largest absolute Gasteiger partial charge is 0.494 e. The van der Waals surface area contributed by atoms with E-state index in [0.717, 1.165) is 0 Å². The van der Waals surface area contributed by atoms with E-state index >= 15 is 0 Å². The van der Waals surface area contributed by atoms with Crippen LogP contribution >= 0.6 is 23.4 Å². The zero-order valence-corrected chi connectivity index (χ0v) is 13.7. The topological polar surface area (TPSA) is 72.6 Å². The first kappa shape index (κ1) is 16.5. The molecule has 0 saturated carbocycles. The zero-order chi connectivity index (χ0) is 16.4. The van der Waals surface area contributed by atoms with Crippen LogP contribution in [-0.2, 0) is 4.79 Å². The lowest BCUT2D eigenvalue weighted by Crippen LogP contribution is -2.39. The number of halogens is 1. The van der Waals surface area contributed by atoms with Crippen LogP contribution in [0.15, 0.2) is 35.9 Å². The fourth-order valence-corrected chi connectivity index (χ4v) is 3.40. The number of primary amides is 1. The highest BCUT2D eigenvalue weighted by Gasteiger charge is 2.34. The van der Waals surface area contributed by atoms with E-state index in [1.165, 1.54) is 25.8 Å². The van der Waals surface area contributed by atoms with Gasteiger partial charge < -0.3 is 15.4 Å². The number of benzene rings is 1. The van der Waals surface area contributed by atoms with E-state index < -0.39 is 11.3 Å². The van der Waals surface area contributed by atoms with Crippen molar-refractivity contribution < 1.29 is 14.3 Å². The molecule has 1 unspecified atom stereocenters. The average Bonchev–Trinajstić information content (AvgIpc) is 2.89. The summed E-state index contributed by atoms with van der Waals surface area (Å²) in [5.74, 6) is -0.250. The van der Waals surface area contributed by atoms with Gasteiger partial charge in [0.05, 0.1) is 12.1 Å². The highest BCUT2D eigenvalue weighted by atomic mass is 35.5. The molecule has 0 fully saturated rings. The van der Waals surface area contributed by atoms with Gasteiger partial charge in [-0.1, -0.05) is 29.9 Å². The number of methoxy groups -OCH3 is 1. The summed E-state index contributed by atoms with van der Waals surface area (Å²) in [6, 6.07) is 3.13. The molecule has 0 radical (unpaired) electrons. The van der Waals surface area contributed by atoms with E-state index in [-0.39, 0.29) is 5.78 Å². The number of amides is 1. The molecule has 1 aliphatic rings. The van der Waals surface area contributed by atoms with Crippen LogP contribution in [0.4, 0.5) is 5.69 Å². The number of thioether (sulfide) groups is 1. The zero-order valence-electron chi connectivity index (χ0n) is 12.1. The number of hydrogen-bond donors (Lipinski definition) is 1. The predicted molar refractivity (Wildman–Crippen MR) is 89.3 cm³/mol. The number of nitrogens with two attached hydrogens (primary N) is 1. The van der Waals surface area contributed by atoms with Gasteiger partial charge >= 0.3 is 0 Å². The summed E-state index contributed by atoms with van der Waals surface area (Å²) in [6.07, 6.45) is 1.60. The average molecular weight is 339 g/mol. The van der Waals surface area contributed by atoms with Crippen molar-refractivity contribution in [1.29, 1.82) is 0 Å². The van der Waals surface area contributed by atoms with Crippen molar-refractivity contribution in [2.75, 3.05) is 12.0 Å². The number of ketones is 1. The molecule has 22 heavy (non-hydrogen) atoms. The first-order valence-electron chi connectivity index (χ1n) is 6.35. The summed E-state index contributed by atoms with van der Waals surface area (Å²) in [5, 5.41) is 1.42. The Balaban J connectivity index is 2.63. The number of ether oxygens (including phenoxy) is 1. The van der Waals surface area contributed by atoms with Crippen molar-refractivity contribution in [3.05, 3.63) is 46.5 Å². The summed E-state index contributed by atoms with van der Waals surface area (Å²) < 4.78 is 5.35. The Morgan fingerprint density at radius 2 is 2.18 bits per heavy atom. The number of hydrogen-bond acceptors (Lipinski definition) is 5. The van der Waals surface area contributed by atoms with E-state index in [1.54, 1.807) is 28.5 Å². The monoisotopic (exact) mass is 338 g/mol. The van der Waals surface area contributed by atoms with Crippen LogP contribution in [0.3, 0.4) is 0 Å². The highest BCUT2D eigenvalue weighted by molar-refractivity contribution is 8.03. The number of nitrogens with zero attached hydrogens (tertiary/aromatic N) is 1. The van der Waals surface area contributed by atoms with Crippen LogP contribution in [0, 0.1) is 0 Å². The molecule has 2 rings (SSSR count). The van der Waals surface area contributed by atoms with E-state index in [0.29, 0.717) is 27.7 Å². The van der Waals surface area contributed by atoms with Crippen LogP contribution in [0.1, 0.15) is 17.3 Å². The number of carbonyl (C=O) groups excluding carboxylic acids is 2. The molecule has 1 aliphatic heterocycles. The fourth-order valence-electron chi connectivity index (χ4n) is 2.14. The molecule has 116 valence electrons. The van der Waals surface area contributed by atoms with Gasteiger partial charge in [0.1, 0.15) is 11.4 Å². The maximum absolute atomic E-state index is 11.7. The van der Waals surface area contributed by atoms with Crippen LogP contribution in [0.2, 0.25) is 5.02 Å². The molecular formula is C15H15ClN2O3S. The Bertz CT molecular complexity index is 688. The molecule has 5 nitrogen and oxygen atoms in total. The second-order valence-electron chi connectivity index (χ2n) is 4.57. The standard InChI is InChI=1S/C15H15ClN2O3S/c1-4-10-7-22-15(14(17)20)18(10)13-11(16)5-9(8(2)19)6-12(13)21-3/h4-7,15H,1H2,2-3H3,(H2,17,20). The third-order valence-corrected chi connectivity index (χ3v) is 4.55. The van der Waals surface area contributed by atoms with E-state index in [2.05, 4.69) is 6.58 Å². The summed E-state index contributed by atoms with van der Waals surface area (Å²) in [4.78, 5) is 24.9. The molecule has 1 aromatic rings. The molecule has 7 heteroatoms. The van der Waals surface area contributed by atoms with Crippen molar-refractivity contribution in [3.8, 4) is 5.75 Å². The Hall–Kier alpha value is -1.92. The van der Waals surface area contributed by atoms with Gasteiger partial charge in [0.25, 0.3) is 5.91 Å². The maximum atomic E-state index is 11.7. The molecule has 0 saturated heterocycles. The summed E-state index contributed by atoms with van der Waals surface area (Å²) in [6.45, 7) is 5.17. The highest BCUT2D eigenvalue weighted by Crippen LogP contribution is 2.45. The lowest BCUT2D eigenvalue weighted by atomic mass is 10.1. The normalized spacial score (nSPS) is 17.1. The Labute approximate surface area is 137 Å². The molecule has 0 aliphatic carbocycles. The van der Waals surface area contributed by atoms with Gasteiger partial charge in [0.2, 0.25) is 0 Å². The molecule has 1 amide bonds. The molecule has 1 heterocycles. The van der Waals surface area contributed by atoms with Gasteiger partial charge in [0, 0.05) is 11.3 Å². The number of carbonyl (C=O) groups is 2. The van der Waals surface area contributed by atoms with E-state index in [9.17, 15) is 9.59 Å². The van der Waals surface area contributed by atoms with Crippen molar-refractivity contribution in [3.63, 3.8) is 0 Å². The molecule has 1 atom stereocenters. The van der Waals surface area contributed by atoms with Gasteiger partial charge in [-0.15, -0.1) is 0 Å². The van der Waals surface area contributed by atoms with Crippen molar-refractivity contribution in [2.24, 2.45) is 5.73 Å². The second kappa shape index (κ2) is 6.46. The quantitative estimate of drug-likeness (QED) is 0.836. The minimum Gasteiger partial charge on any atom is -0.494 e. The molecular weight excluding hydrogens is 324 g/mol. The van der Waals surface area contributed by atoms with Gasteiger partial charge in [-0.2, -0.15) is 0 Å². The molecule has 0 spiro atoms. The van der Waals surface area contributed by atoms with E-state index in [4.69, 9.17) is 22.1 Å². The second-order valence-corrected chi connectivity index (χ2v) is 5.93. The van der Waals surface area contributed by atoms with Gasteiger partial charge in [-0.3, -0.25) is 9.59 Å². The lowest BCUT2D eigenvalue weighted by Gasteiger charge is -2.28. The van der Waals surface area contributed by atoms with Crippen LogP contribution in [-0.4, -0.2) is 24.2 Å². The predicted octanol–water partition coefficient (Wildman–Crippen LogP) is 2.94. The Kier molecular flexibility index (Phi) is 4.83. The number of Topliss-reactive ketones (excluding diaryl/α,β-unsaturated/α-hetero) is 1. The molecule has 0 aromatic heterocycles. The van der Waals surface area contributed by atoms with E-state index in [1.807, 2.05) is 0 Å². The first-order valence-corrected chi connectivity index (χ1v) is 7.67. The van der Waals surface area contributed by atoms with Gasteiger partial charge in [-0.25, -0.2) is 0 Å². The third-order valence-electron chi connectivity index (χ3n) is 3.18. The van der Waals surface area contributed by atoms with Gasteiger partial charge in [0.15, 0.2) is 11.2 Å². The first-order chi connectivity index (χ1) is 10.4. The molecule has 1 aromatic carbocycles. The minimum absolute atomic E-state index is 0.131. The SMILES string of the molecule is C=CC1=CSC(C(N)=O)N1c1c(Cl)cc(C(C)=O)cc1OC. The molecule has 2 N–H and O–H groups in total. The minimum atomic E-state index is -0.650. The third kappa shape index (κ3) is 2.84. The Morgan fingerprint density at radius 1 is 1.50 bits per heavy atom. The number of allylic oxidation sites excluding steroid dienone is 1.